The highest BCUT2D eigenvalue weighted by Crippen LogP contribution is 2.29. The highest BCUT2D eigenvalue weighted by atomic mass is 79.9. The van der Waals surface area contributed by atoms with E-state index in [4.69, 9.17) is 15.4 Å². The standard InChI is InChI=1S/C11H13BrClNO5S2/c12-10-7-9(20(13,15)16)1-2-11(10)14-21(17,18)8-3-5-19-6-4-8/h1-2,7-8,14H,3-6H2. The van der Waals surface area contributed by atoms with Crippen LogP contribution in [0.3, 0.4) is 0 Å². The normalized spacial score (nSPS) is 17.6. The zero-order chi connectivity index (χ0) is 15.7. The lowest BCUT2D eigenvalue weighted by molar-refractivity contribution is 0.0984. The minimum atomic E-state index is -3.86. The van der Waals surface area contributed by atoms with Crippen molar-refractivity contribution in [1.29, 1.82) is 0 Å². The van der Waals surface area contributed by atoms with E-state index in [1.165, 1.54) is 18.2 Å². The Labute approximate surface area is 136 Å². The van der Waals surface area contributed by atoms with Crippen molar-refractivity contribution < 1.29 is 21.6 Å². The monoisotopic (exact) mass is 417 g/mol. The summed E-state index contributed by atoms with van der Waals surface area (Å²) in [5.74, 6) is 0. The Morgan fingerprint density at radius 1 is 1.19 bits per heavy atom. The zero-order valence-corrected chi connectivity index (χ0v) is 14.7. The van der Waals surface area contributed by atoms with Gasteiger partial charge >= 0.3 is 0 Å². The Morgan fingerprint density at radius 2 is 1.81 bits per heavy atom. The molecule has 1 saturated heterocycles. The van der Waals surface area contributed by atoms with Gasteiger partial charge < -0.3 is 4.74 Å². The minimum Gasteiger partial charge on any atom is -0.381 e. The van der Waals surface area contributed by atoms with Crippen molar-refractivity contribution in [2.75, 3.05) is 17.9 Å². The smallest absolute Gasteiger partial charge is 0.261 e. The number of rotatable bonds is 4. The van der Waals surface area contributed by atoms with Gasteiger partial charge in [-0.2, -0.15) is 0 Å². The average Bonchev–Trinajstić information content (AvgIpc) is 2.41. The lowest BCUT2D eigenvalue weighted by Gasteiger charge is -2.23. The van der Waals surface area contributed by atoms with Gasteiger partial charge in [0.05, 0.1) is 15.8 Å². The predicted octanol–water partition coefficient (Wildman–Crippen LogP) is 2.30. The van der Waals surface area contributed by atoms with Crippen molar-refractivity contribution in [2.24, 2.45) is 0 Å². The van der Waals surface area contributed by atoms with Crippen LogP contribution in [0.1, 0.15) is 12.8 Å². The van der Waals surface area contributed by atoms with Crippen LogP contribution in [0.15, 0.2) is 27.6 Å². The van der Waals surface area contributed by atoms with Crippen LogP contribution in [-0.2, 0) is 23.8 Å². The first-order valence-electron chi connectivity index (χ1n) is 6.04. The molecule has 10 heteroatoms. The van der Waals surface area contributed by atoms with Crippen molar-refractivity contribution in [2.45, 2.75) is 23.0 Å². The number of ether oxygens (including phenoxy) is 1. The van der Waals surface area contributed by atoms with Crippen LogP contribution < -0.4 is 4.72 Å². The van der Waals surface area contributed by atoms with Crippen molar-refractivity contribution in [3.05, 3.63) is 22.7 Å². The second-order valence-electron chi connectivity index (χ2n) is 4.54. The van der Waals surface area contributed by atoms with Crippen LogP contribution in [0.4, 0.5) is 5.69 Å². The van der Waals surface area contributed by atoms with Crippen molar-refractivity contribution in [1.82, 2.24) is 0 Å². The molecule has 6 nitrogen and oxygen atoms in total. The number of nitrogens with one attached hydrogen (secondary N) is 1. The van der Waals surface area contributed by atoms with Crippen molar-refractivity contribution in [3.8, 4) is 0 Å². The molecule has 0 radical (unpaired) electrons. The quantitative estimate of drug-likeness (QED) is 0.758. The summed E-state index contributed by atoms with van der Waals surface area (Å²) in [6.45, 7) is 0.826. The van der Waals surface area contributed by atoms with Gasteiger partial charge in [-0.3, -0.25) is 4.72 Å². The third-order valence-electron chi connectivity index (χ3n) is 3.08. The number of halogens is 2. The van der Waals surface area contributed by atoms with E-state index >= 15 is 0 Å². The molecule has 1 heterocycles. The van der Waals surface area contributed by atoms with Crippen molar-refractivity contribution in [3.63, 3.8) is 0 Å². The molecule has 21 heavy (non-hydrogen) atoms. The summed E-state index contributed by atoms with van der Waals surface area (Å²) in [6, 6.07) is 3.86. The minimum absolute atomic E-state index is 0.106. The fourth-order valence-corrected chi connectivity index (χ4v) is 4.96. The van der Waals surface area contributed by atoms with E-state index in [0.29, 0.717) is 30.5 Å². The molecule has 1 fully saturated rings. The van der Waals surface area contributed by atoms with E-state index in [2.05, 4.69) is 20.7 Å². The van der Waals surface area contributed by atoms with E-state index in [-0.39, 0.29) is 10.6 Å². The van der Waals surface area contributed by atoms with Gasteiger partial charge in [-0.25, -0.2) is 16.8 Å². The van der Waals surface area contributed by atoms with E-state index in [0.717, 1.165) is 0 Å². The average molecular weight is 419 g/mol. The van der Waals surface area contributed by atoms with Gasteiger partial charge in [0.15, 0.2) is 0 Å². The lowest BCUT2D eigenvalue weighted by Crippen LogP contribution is -2.33. The number of hydrogen-bond donors (Lipinski definition) is 1. The molecule has 1 aliphatic rings. The molecule has 118 valence electrons. The molecule has 0 aliphatic carbocycles. The van der Waals surface area contributed by atoms with E-state index in [9.17, 15) is 16.8 Å². The van der Waals surface area contributed by atoms with Gasteiger partial charge in [-0.1, -0.05) is 0 Å². The summed E-state index contributed by atoms with van der Waals surface area (Å²) in [5, 5.41) is -0.519. The highest BCUT2D eigenvalue weighted by molar-refractivity contribution is 9.10. The molecule has 0 unspecified atom stereocenters. The van der Waals surface area contributed by atoms with E-state index < -0.39 is 24.3 Å². The molecule has 1 aromatic rings. The summed E-state index contributed by atoms with van der Waals surface area (Å²) in [5.41, 5.74) is 0.269. The number of sulfonamides is 1. The van der Waals surface area contributed by atoms with Gasteiger partial charge in [-0.15, -0.1) is 0 Å². The SMILES string of the molecule is O=S(=O)(Cl)c1ccc(NS(=O)(=O)C2CCOCC2)c(Br)c1. The first-order chi connectivity index (χ1) is 9.70. The molecule has 1 aliphatic heterocycles. The predicted molar refractivity (Wildman–Crippen MR) is 83.6 cm³/mol. The second kappa shape index (κ2) is 6.41. The maximum absolute atomic E-state index is 12.3. The topological polar surface area (TPSA) is 89.5 Å². The van der Waals surface area contributed by atoms with Gasteiger partial charge in [-0.05, 0) is 47.0 Å². The van der Waals surface area contributed by atoms with E-state index in [1.54, 1.807) is 0 Å². The maximum atomic E-state index is 12.3. The zero-order valence-electron chi connectivity index (χ0n) is 10.8. The lowest BCUT2D eigenvalue weighted by atomic mass is 10.2. The van der Waals surface area contributed by atoms with Crippen LogP contribution in [0, 0.1) is 0 Å². The Bertz CT molecular complexity index is 729. The highest BCUT2D eigenvalue weighted by Gasteiger charge is 2.28. The number of anilines is 1. The molecule has 1 aromatic carbocycles. The summed E-state index contributed by atoms with van der Waals surface area (Å²) < 4.78 is 54.9. The molecule has 2 rings (SSSR count). The molecule has 0 saturated carbocycles. The van der Waals surface area contributed by atoms with Crippen LogP contribution >= 0.6 is 26.6 Å². The molecule has 0 bridgehead atoms. The van der Waals surface area contributed by atoms with Crippen LogP contribution in [0.5, 0.6) is 0 Å². The largest absolute Gasteiger partial charge is 0.381 e. The van der Waals surface area contributed by atoms with Crippen LogP contribution in [0.2, 0.25) is 0 Å². The molecular weight excluding hydrogens is 406 g/mol. The fourth-order valence-electron chi connectivity index (χ4n) is 1.95. The summed E-state index contributed by atoms with van der Waals surface area (Å²) >= 11 is 3.14. The fraction of sp³-hybridized carbons (Fsp3) is 0.455. The Balaban J connectivity index is 2.23. The number of hydrogen-bond acceptors (Lipinski definition) is 5. The summed E-state index contributed by atoms with van der Waals surface area (Å²) in [4.78, 5) is -0.106. The Kier molecular flexibility index (Phi) is 5.19. The Morgan fingerprint density at radius 3 is 2.33 bits per heavy atom. The molecular formula is C11H13BrClNO5S2. The second-order valence-corrected chi connectivity index (χ2v) is 9.92. The molecule has 0 atom stereocenters. The Hall–Kier alpha value is -0.350. The first-order valence-corrected chi connectivity index (χ1v) is 10.7. The van der Waals surface area contributed by atoms with Gasteiger partial charge in [0, 0.05) is 28.4 Å². The van der Waals surface area contributed by atoms with Gasteiger partial charge in [0.1, 0.15) is 0 Å². The first kappa shape index (κ1) is 17.0. The third kappa shape index (κ3) is 4.32. The molecule has 0 spiro atoms. The number of benzene rings is 1. The van der Waals surface area contributed by atoms with Crippen molar-refractivity contribution >= 4 is 51.4 Å². The van der Waals surface area contributed by atoms with Gasteiger partial charge in [0.2, 0.25) is 10.0 Å². The van der Waals surface area contributed by atoms with E-state index in [1.807, 2.05) is 0 Å². The molecule has 0 amide bonds. The van der Waals surface area contributed by atoms with Crippen LogP contribution in [0.25, 0.3) is 0 Å². The van der Waals surface area contributed by atoms with Gasteiger partial charge in [0.25, 0.3) is 9.05 Å². The summed E-state index contributed by atoms with van der Waals surface area (Å²) in [6.07, 6.45) is 0.863. The maximum Gasteiger partial charge on any atom is 0.261 e. The molecule has 1 N–H and O–H groups in total. The van der Waals surface area contributed by atoms with Crippen LogP contribution in [-0.4, -0.2) is 35.3 Å². The summed E-state index contributed by atoms with van der Waals surface area (Å²) in [7, 11) is -2.17. The molecule has 0 aromatic heterocycles. The third-order valence-corrected chi connectivity index (χ3v) is 6.94.